The summed E-state index contributed by atoms with van der Waals surface area (Å²) in [5.74, 6) is 1.64. The molecule has 0 aromatic carbocycles. The molecule has 162 valence electrons. The molecule has 2 fully saturated rings. The number of imidazole rings is 1. The molecule has 5 rings (SSSR count). The summed E-state index contributed by atoms with van der Waals surface area (Å²) in [6, 6.07) is 0.278. The Morgan fingerprint density at radius 2 is 1.90 bits per heavy atom. The molecule has 1 aliphatic carbocycles. The summed E-state index contributed by atoms with van der Waals surface area (Å²) in [5, 5.41) is 3.22. The summed E-state index contributed by atoms with van der Waals surface area (Å²) in [4.78, 5) is 28.6. The highest BCUT2D eigenvalue weighted by Crippen LogP contribution is 2.34. The van der Waals surface area contributed by atoms with Gasteiger partial charge in [0.15, 0.2) is 5.82 Å². The van der Waals surface area contributed by atoms with Gasteiger partial charge >= 0.3 is 0 Å². The minimum Gasteiger partial charge on any atom is -0.378 e. The first kappa shape index (κ1) is 19.7. The molecule has 11 heteroatoms. The molecule has 1 saturated heterocycles. The van der Waals surface area contributed by atoms with Crippen LogP contribution in [0.15, 0.2) is 24.9 Å². The van der Waals surface area contributed by atoms with E-state index in [4.69, 9.17) is 9.72 Å². The normalized spacial score (nSPS) is 17.5. The van der Waals surface area contributed by atoms with E-state index in [-0.39, 0.29) is 6.04 Å². The number of hydrogen-bond donors (Lipinski definition) is 1. The number of nitrogens with zero attached hydrogens (tertiary/aromatic N) is 8. The molecule has 1 saturated carbocycles. The Morgan fingerprint density at radius 1 is 1.13 bits per heavy atom. The quantitative estimate of drug-likeness (QED) is 0.607. The number of aromatic nitrogens is 7. The maximum atomic E-state index is 13.1. The molecule has 0 amide bonds. The average molecular weight is 425 g/mol. The van der Waals surface area contributed by atoms with E-state index >= 15 is 0 Å². The molecule has 4 heterocycles. The third kappa shape index (κ3) is 4.76. The largest absolute Gasteiger partial charge is 0.378 e. The number of rotatable bonds is 7. The maximum Gasteiger partial charge on any atom is 0.230 e. The summed E-state index contributed by atoms with van der Waals surface area (Å²) >= 11 is 0. The van der Waals surface area contributed by atoms with E-state index in [9.17, 15) is 4.39 Å². The van der Waals surface area contributed by atoms with Crippen LogP contribution in [0.25, 0.3) is 0 Å². The fourth-order valence-corrected chi connectivity index (χ4v) is 3.47. The lowest BCUT2D eigenvalue weighted by Crippen LogP contribution is -2.37. The Labute approximate surface area is 179 Å². The Bertz CT molecular complexity index is 1030. The van der Waals surface area contributed by atoms with E-state index in [0.717, 1.165) is 31.2 Å². The summed E-state index contributed by atoms with van der Waals surface area (Å²) in [7, 11) is 0. The van der Waals surface area contributed by atoms with Crippen molar-refractivity contribution in [2.24, 2.45) is 0 Å². The number of anilines is 2. The van der Waals surface area contributed by atoms with Crippen LogP contribution in [0.2, 0.25) is 0 Å². The van der Waals surface area contributed by atoms with Gasteiger partial charge in [-0.05, 0) is 19.8 Å². The standard InChI is InChI=1S/C20H24FN9O/c1-13(18-22-9-14(21)10-23-18)25-19-26-17(8-15-11-30(12-24-15)16-2-3-16)27-20(28-19)29-4-6-31-7-5-29/h9-13,16H,2-8H2,1H3,(H,25,26,27,28)/t13-/m0/s1. The van der Waals surface area contributed by atoms with Crippen molar-refractivity contribution in [3.8, 4) is 0 Å². The molecule has 0 radical (unpaired) electrons. The molecule has 0 bridgehead atoms. The molecule has 2 aliphatic rings. The summed E-state index contributed by atoms with van der Waals surface area (Å²) < 4.78 is 20.8. The van der Waals surface area contributed by atoms with Crippen molar-refractivity contribution in [1.29, 1.82) is 0 Å². The van der Waals surface area contributed by atoms with Crippen LogP contribution in [0.4, 0.5) is 16.3 Å². The first-order chi connectivity index (χ1) is 15.1. The van der Waals surface area contributed by atoms with Crippen LogP contribution >= 0.6 is 0 Å². The SMILES string of the molecule is C[C@H](Nc1nc(Cc2cn(C3CC3)cn2)nc(N2CCOCC2)n1)c1ncc(F)cn1. The number of hydrogen-bond acceptors (Lipinski definition) is 9. The molecule has 0 spiro atoms. The van der Waals surface area contributed by atoms with E-state index in [1.54, 1.807) is 0 Å². The zero-order valence-corrected chi connectivity index (χ0v) is 17.3. The number of morpholine rings is 1. The predicted octanol–water partition coefficient (Wildman–Crippen LogP) is 1.93. The van der Waals surface area contributed by atoms with Crippen molar-refractivity contribution >= 4 is 11.9 Å². The van der Waals surface area contributed by atoms with Crippen molar-refractivity contribution in [3.05, 3.63) is 48.1 Å². The lowest BCUT2D eigenvalue weighted by molar-refractivity contribution is 0.122. The van der Waals surface area contributed by atoms with Crippen LogP contribution in [0.1, 0.15) is 49.2 Å². The first-order valence-electron chi connectivity index (χ1n) is 10.5. The maximum absolute atomic E-state index is 13.1. The lowest BCUT2D eigenvalue weighted by Gasteiger charge is -2.27. The number of halogens is 1. The van der Waals surface area contributed by atoms with Crippen LogP contribution < -0.4 is 10.2 Å². The third-order valence-electron chi connectivity index (χ3n) is 5.30. The molecule has 1 aliphatic heterocycles. The second kappa shape index (κ2) is 8.50. The van der Waals surface area contributed by atoms with Crippen LogP contribution in [0.3, 0.4) is 0 Å². The van der Waals surface area contributed by atoms with Crippen molar-refractivity contribution < 1.29 is 9.13 Å². The first-order valence-corrected chi connectivity index (χ1v) is 10.5. The topological polar surface area (TPSA) is 107 Å². The van der Waals surface area contributed by atoms with E-state index < -0.39 is 5.82 Å². The van der Waals surface area contributed by atoms with Crippen molar-refractivity contribution in [1.82, 2.24) is 34.5 Å². The van der Waals surface area contributed by atoms with Crippen LogP contribution in [-0.2, 0) is 11.2 Å². The minimum atomic E-state index is -0.473. The van der Waals surface area contributed by atoms with E-state index in [1.807, 2.05) is 13.3 Å². The highest BCUT2D eigenvalue weighted by atomic mass is 19.1. The predicted molar refractivity (Wildman–Crippen MR) is 110 cm³/mol. The van der Waals surface area contributed by atoms with Gasteiger partial charge in [0.25, 0.3) is 0 Å². The minimum absolute atomic E-state index is 0.303. The zero-order chi connectivity index (χ0) is 21.2. The number of nitrogens with one attached hydrogen (secondary N) is 1. The molecule has 1 N–H and O–H groups in total. The van der Waals surface area contributed by atoms with Crippen LogP contribution in [-0.4, -0.2) is 60.8 Å². The molecular formula is C20H24FN9O. The molecule has 31 heavy (non-hydrogen) atoms. The average Bonchev–Trinajstić information content (AvgIpc) is 3.54. The van der Waals surface area contributed by atoms with Gasteiger partial charge in [-0.1, -0.05) is 0 Å². The van der Waals surface area contributed by atoms with Gasteiger partial charge in [-0.15, -0.1) is 0 Å². The molecular weight excluding hydrogens is 401 g/mol. The van der Waals surface area contributed by atoms with Gasteiger partial charge in [0.2, 0.25) is 11.9 Å². The zero-order valence-electron chi connectivity index (χ0n) is 17.3. The van der Waals surface area contributed by atoms with Gasteiger partial charge < -0.3 is 19.5 Å². The molecule has 0 unspecified atom stereocenters. The van der Waals surface area contributed by atoms with Gasteiger partial charge in [0, 0.05) is 25.3 Å². The van der Waals surface area contributed by atoms with Gasteiger partial charge in [0.05, 0.1) is 50.1 Å². The summed E-state index contributed by atoms with van der Waals surface area (Å²) in [6.45, 7) is 4.58. The molecule has 10 nitrogen and oxygen atoms in total. The third-order valence-corrected chi connectivity index (χ3v) is 5.30. The van der Waals surface area contributed by atoms with E-state index in [1.165, 1.54) is 12.8 Å². The Hall–Kier alpha value is -3.21. The second-order valence-corrected chi connectivity index (χ2v) is 7.82. The molecule has 1 atom stereocenters. The van der Waals surface area contributed by atoms with Crippen LogP contribution in [0, 0.1) is 5.82 Å². The van der Waals surface area contributed by atoms with Crippen molar-refractivity contribution in [3.63, 3.8) is 0 Å². The fraction of sp³-hybridized carbons (Fsp3) is 0.500. The summed E-state index contributed by atoms with van der Waals surface area (Å²) in [5.41, 5.74) is 0.923. The van der Waals surface area contributed by atoms with Gasteiger partial charge in [-0.3, -0.25) is 0 Å². The smallest absolute Gasteiger partial charge is 0.230 e. The van der Waals surface area contributed by atoms with Crippen molar-refractivity contribution in [2.75, 3.05) is 36.5 Å². The van der Waals surface area contributed by atoms with Gasteiger partial charge in [0.1, 0.15) is 11.6 Å². The summed E-state index contributed by atoms with van der Waals surface area (Å²) in [6.07, 6.45) is 9.17. The second-order valence-electron chi connectivity index (χ2n) is 7.82. The van der Waals surface area contributed by atoms with E-state index in [0.29, 0.717) is 49.2 Å². The Morgan fingerprint density at radius 3 is 2.65 bits per heavy atom. The van der Waals surface area contributed by atoms with Gasteiger partial charge in [-0.25, -0.2) is 19.3 Å². The lowest BCUT2D eigenvalue weighted by atomic mass is 10.3. The van der Waals surface area contributed by atoms with Crippen LogP contribution in [0.5, 0.6) is 0 Å². The van der Waals surface area contributed by atoms with E-state index in [2.05, 4.69) is 45.9 Å². The molecule has 3 aromatic heterocycles. The fourth-order valence-electron chi connectivity index (χ4n) is 3.47. The number of ether oxygens (including phenoxy) is 1. The highest BCUT2D eigenvalue weighted by Gasteiger charge is 2.24. The monoisotopic (exact) mass is 425 g/mol. The van der Waals surface area contributed by atoms with Gasteiger partial charge in [-0.2, -0.15) is 15.0 Å². The van der Waals surface area contributed by atoms with Crippen molar-refractivity contribution in [2.45, 2.75) is 38.3 Å². The molecule has 3 aromatic rings. The highest BCUT2D eigenvalue weighted by molar-refractivity contribution is 5.39. The Kier molecular flexibility index (Phi) is 5.41. The Balaban J connectivity index is 1.39.